The summed E-state index contributed by atoms with van der Waals surface area (Å²) in [5.41, 5.74) is 0. The monoisotopic (exact) mass is 377 g/mol. The summed E-state index contributed by atoms with van der Waals surface area (Å²) < 4.78 is 2.22. The van der Waals surface area contributed by atoms with Gasteiger partial charge in [-0.25, -0.2) is 4.79 Å². The van der Waals surface area contributed by atoms with Crippen LogP contribution >= 0.6 is 11.8 Å². The van der Waals surface area contributed by atoms with E-state index < -0.39 is 0 Å². The van der Waals surface area contributed by atoms with E-state index in [4.69, 9.17) is 0 Å². The van der Waals surface area contributed by atoms with Crippen molar-refractivity contribution in [3.05, 3.63) is 5.82 Å². The van der Waals surface area contributed by atoms with E-state index in [1.165, 1.54) is 43.9 Å². The molecule has 1 aromatic heterocycles. The molecule has 3 fully saturated rings. The average Bonchev–Trinajstić information content (AvgIpc) is 3.54. The second-order valence-corrected chi connectivity index (χ2v) is 8.84. The molecule has 0 aromatic carbocycles. The molecule has 2 unspecified atom stereocenters. The first-order valence-electron chi connectivity index (χ1n) is 9.79. The number of nitrogens with zero attached hydrogens (tertiary/aromatic N) is 3. The van der Waals surface area contributed by atoms with Gasteiger partial charge in [0.05, 0.1) is 5.75 Å². The van der Waals surface area contributed by atoms with Crippen LogP contribution in [0.3, 0.4) is 0 Å². The van der Waals surface area contributed by atoms with Gasteiger partial charge >= 0.3 is 6.03 Å². The molecule has 0 saturated heterocycles. The first-order valence-corrected chi connectivity index (χ1v) is 10.8. The molecule has 3 saturated carbocycles. The van der Waals surface area contributed by atoms with Crippen LogP contribution in [0.25, 0.3) is 0 Å². The zero-order valence-electron chi connectivity index (χ0n) is 15.2. The topological polar surface area (TPSA) is 88.9 Å². The first-order chi connectivity index (χ1) is 12.6. The van der Waals surface area contributed by atoms with Crippen LogP contribution in [0.4, 0.5) is 4.79 Å². The molecule has 142 valence electrons. The van der Waals surface area contributed by atoms with Crippen molar-refractivity contribution < 1.29 is 9.59 Å². The Morgan fingerprint density at radius 3 is 2.58 bits per heavy atom. The molecule has 3 aliphatic carbocycles. The summed E-state index contributed by atoms with van der Waals surface area (Å²) in [4.78, 5) is 24.2. The molecule has 1 heterocycles. The smallest absolute Gasteiger partial charge is 0.321 e. The molecule has 7 nitrogen and oxygen atoms in total. The Labute approximate surface area is 158 Å². The summed E-state index contributed by atoms with van der Waals surface area (Å²) in [5.74, 6) is 2.00. The molecule has 3 aliphatic rings. The van der Waals surface area contributed by atoms with E-state index in [2.05, 4.69) is 32.3 Å². The molecule has 0 radical (unpaired) electrons. The van der Waals surface area contributed by atoms with Gasteiger partial charge in [0.2, 0.25) is 5.91 Å². The third-order valence-corrected chi connectivity index (χ3v) is 6.50. The van der Waals surface area contributed by atoms with E-state index in [1.54, 1.807) is 0 Å². The summed E-state index contributed by atoms with van der Waals surface area (Å²) in [6.45, 7) is 2.16. The molecule has 2 atom stereocenters. The van der Waals surface area contributed by atoms with Crippen LogP contribution in [0.15, 0.2) is 5.16 Å². The minimum atomic E-state index is -0.378. The lowest BCUT2D eigenvalue weighted by Crippen LogP contribution is -2.48. The summed E-state index contributed by atoms with van der Waals surface area (Å²) in [6.07, 6.45) is 9.20. The molecule has 0 spiro atoms. The standard InChI is InChI=1S/C18H27N5O2S/c1-11-4-2-3-5-14(11)19-17(25)20-15(24)10-26-18-22-21-16(12-6-7-12)23(18)13-8-9-13/h11-14H,2-10H2,1H3,(H2,19,20,24,25). The highest BCUT2D eigenvalue weighted by atomic mass is 32.2. The minimum Gasteiger partial charge on any atom is -0.335 e. The van der Waals surface area contributed by atoms with Crippen molar-refractivity contribution in [2.45, 2.75) is 81.4 Å². The van der Waals surface area contributed by atoms with Gasteiger partial charge in [-0.15, -0.1) is 10.2 Å². The highest BCUT2D eigenvalue weighted by Crippen LogP contribution is 2.45. The van der Waals surface area contributed by atoms with Gasteiger partial charge in [0, 0.05) is 18.0 Å². The Morgan fingerprint density at radius 2 is 1.88 bits per heavy atom. The zero-order chi connectivity index (χ0) is 18.1. The predicted molar refractivity (Wildman–Crippen MR) is 99.1 cm³/mol. The number of thioether (sulfide) groups is 1. The third kappa shape index (κ3) is 4.22. The van der Waals surface area contributed by atoms with Gasteiger partial charge in [0.15, 0.2) is 5.16 Å². The van der Waals surface area contributed by atoms with Gasteiger partial charge in [-0.2, -0.15) is 0 Å². The van der Waals surface area contributed by atoms with Crippen LogP contribution in [-0.4, -0.2) is 38.5 Å². The normalized spacial score (nSPS) is 25.7. The summed E-state index contributed by atoms with van der Waals surface area (Å²) >= 11 is 1.38. The second kappa shape index (κ2) is 7.58. The van der Waals surface area contributed by atoms with E-state index in [1.807, 2.05) is 0 Å². The van der Waals surface area contributed by atoms with Crippen molar-refractivity contribution in [2.24, 2.45) is 5.92 Å². The van der Waals surface area contributed by atoms with Crippen LogP contribution in [-0.2, 0) is 4.79 Å². The second-order valence-electron chi connectivity index (χ2n) is 7.89. The number of rotatable bonds is 6. The lowest BCUT2D eigenvalue weighted by Gasteiger charge is -2.29. The molecule has 1 aromatic rings. The Kier molecular flexibility index (Phi) is 5.20. The summed E-state index contributed by atoms with van der Waals surface area (Å²) in [7, 11) is 0. The van der Waals surface area contributed by atoms with Crippen molar-refractivity contribution in [3.8, 4) is 0 Å². The van der Waals surface area contributed by atoms with E-state index in [0.29, 0.717) is 17.9 Å². The van der Waals surface area contributed by atoms with E-state index in [-0.39, 0.29) is 23.7 Å². The number of carbonyl (C=O) groups is 2. The number of urea groups is 1. The van der Waals surface area contributed by atoms with Gasteiger partial charge in [-0.1, -0.05) is 31.5 Å². The number of carbonyl (C=O) groups excluding carboxylic acids is 2. The summed E-state index contributed by atoms with van der Waals surface area (Å²) in [5, 5.41) is 14.9. The van der Waals surface area contributed by atoms with Crippen LogP contribution in [0, 0.1) is 5.92 Å². The summed E-state index contributed by atoms with van der Waals surface area (Å²) in [6, 6.07) is 0.294. The number of nitrogens with one attached hydrogen (secondary N) is 2. The molecular weight excluding hydrogens is 350 g/mol. The molecule has 0 aliphatic heterocycles. The zero-order valence-corrected chi connectivity index (χ0v) is 16.1. The van der Waals surface area contributed by atoms with Crippen molar-refractivity contribution in [1.82, 2.24) is 25.4 Å². The van der Waals surface area contributed by atoms with Crippen LogP contribution in [0.2, 0.25) is 0 Å². The third-order valence-electron chi connectivity index (χ3n) is 5.56. The van der Waals surface area contributed by atoms with Gasteiger partial charge in [0.25, 0.3) is 0 Å². The quantitative estimate of drug-likeness (QED) is 0.744. The van der Waals surface area contributed by atoms with Gasteiger partial charge < -0.3 is 9.88 Å². The van der Waals surface area contributed by atoms with Crippen molar-refractivity contribution in [1.29, 1.82) is 0 Å². The number of imide groups is 1. The molecule has 0 bridgehead atoms. The molecule has 8 heteroatoms. The Bertz CT molecular complexity index is 683. The average molecular weight is 378 g/mol. The van der Waals surface area contributed by atoms with E-state index in [0.717, 1.165) is 30.2 Å². The number of hydrogen-bond donors (Lipinski definition) is 2. The Balaban J connectivity index is 1.27. The van der Waals surface area contributed by atoms with Gasteiger partial charge in [-0.05, 0) is 44.4 Å². The van der Waals surface area contributed by atoms with Gasteiger partial charge in [-0.3, -0.25) is 10.1 Å². The lowest BCUT2D eigenvalue weighted by molar-refractivity contribution is -0.117. The maximum absolute atomic E-state index is 12.1. The fraction of sp³-hybridized carbons (Fsp3) is 0.778. The predicted octanol–water partition coefficient (Wildman–Crippen LogP) is 2.99. The SMILES string of the molecule is CC1CCCCC1NC(=O)NC(=O)CSc1nnc(C2CC2)n1C1CC1. The lowest BCUT2D eigenvalue weighted by atomic mass is 9.86. The largest absolute Gasteiger partial charge is 0.335 e. The van der Waals surface area contributed by atoms with E-state index in [9.17, 15) is 9.59 Å². The Hall–Kier alpha value is -1.57. The van der Waals surface area contributed by atoms with Crippen molar-refractivity contribution >= 4 is 23.7 Å². The first kappa shape index (κ1) is 17.8. The van der Waals surface area contributed by atoms with Crippen molar-refractivity contribution in [2.75, 3.05) is 5.75 Å². The molecule has 26 heavy (non-hydrogen) atoms. The highest BCUT2D eigenvalue weighted by molar-refractivity contribution is 7.99. The fourth-order valence-electron chi connectivity index (χ4n) is 3.71. The maximum Gasteiger partial charge on any atom is 0.321 e. The highest BCUT2D eigenvalue weighted by Gasteiger charge is 2.36. The van der Waals surface area contributed by atoms with E-state index >= 15 is 0 Å². The molecule has 4 rings (SSSR count). The van der Waals surface area contributed by atoms with Crippen LogP contribution in [0.1, 0.15) is 76.1 Å². The molecule has 3 amide bonds. The van der Waals surface area contributed by atoms with Crippen LogP contribution in [0.5, 0.6) is 0 Å². The fourth-order valence-corrected chi connectivity index (χ4v) is 4.52. The maximum atomic E-state index is 12.1. The molecular formula is C18H27N5O2S. The minimum absolute atomic E-state index is 0.170. The van der Waals surface area contributed by atoms with Crippen molar-refractivity contribution in [3.63, 3.8) is 0 Å². The number of aromatic nitrogens is 3. The van der Waals surface area contributed by atoms with Crippen LogP contribution < -0.4 is 10.6 Å². The van der Waals surface area contributed by atoms with Gasteiger partial charge in [0.1, 0.15) is 5.82 Å². The Morgan fingerprint density at radius 1 is 1.12 bits per heavy atom. The number of hydrogen-bond acceptors (Lipinski definition) is 5. The molecule has 2 N–H and O–H groups in total. The number of amides is 3.